The topological polar surface area (TPSA) is 65.1 Å². The Hall–Kier alpha value is -2.50. The molecule has 1 saturated heterocycles. The van der Waals surface area contributed by atoms with E-state index in [0.29, 0.717) is 23.5 Å². The van der Waals surface area contributed by atoms with Gasteiger partial charge in [-0.25, -0.2) is 4.79 Å². The lowest BCUT2D eigenvalue weighted by Crippen LogP contribution is -2.50. The van der Waals surface area contributed by atoms with Crippen molar-refractivity contribution >= 4 is 18.0 Å². The molecular formula is C22H29NO5. The summed E-state index contributed by atoms with van der Waals surface area (Å²) < 4.78 is 15.7. The number of carbonyl (C=O) groups is 2. The van der Waals surface area contributed by atoms with E-state index in [0.717, 1.165) is 24.9 Å². The summed E-state index contributed by atoms with van der Waals surface area (Å²) in [4.78, 5) is 26.6. The number of nitrogens with zero attached hydrogens (tertiary/aromatic N) is 1. The highest BCUT2D eigenvalue weighted by Crippen LogP contribution is 2.35. The second-order valence-corrected chi connectivity index (χ2v) is 7.39. The van der Waals surface area contributed by atoms with E-state index in [2.05, 4.69) is 0 Å². The van der Waals surface area contributed by atoms with Gasteiger partial charge in [-0.15, -0.1) is 0 Å². The summed E-state index contributed by atoms with van der Waals surface area (Å²) in [7, 11) is 3.14. The van der Waals surface area contributed by atoms with E-state index in [1.165, 1.54) is 31.8 Å². The Kier molecular flexibility index (Phi) is 6.95. The van der Waals surface area contributed by atoms with Gasteiger partial charge in [-0.2, -0.15) is 0 Å². The van der Waals surface area contributed by atoms with Gasteiger partial charge in [0, 0.05) is 30.3 Å². The van der Waals surface area contributed by atoms with Crippen molar-refractivity contribution in [3.63, 3.8) is 0 Å². The summed E-state index contributed by atoms with van der Waals surface area (Å²) >= 11 is 0. The lowest BCUT2D eigenvalue weighted by atomic mass is 9.78. The number of piperidine rings is 1. The molecule has 1 saturated carbocycles. The molecule has 2 aliphatic rings. The van der Waals surface area contributed by atoms with Crippen molar-refractivity contribution in [2.75, 3.05) is 27.4 Å². The highest BCUT2D eigenvalue weighted by Gasteiger charge is 2.35. The molecule has 1 aliphatic heterocycles. The van der Waals surface area contributed by atoms with Crippen LogP contribution in [-0.2, 0) is 14.3 Å². The maximum Gasteiger partial charge on any atom is 0.331 e. The molecule has 0 bridgehead atoms. The first kappa shape index (κ1) is 20.2. The zero-order valence-corrected chi connectivity index (χ0v) is 16.7. The van der Waals surface area contributed by atoms with Crippen LogP contribution in [0.4, 0.5) is 0 Å². The van der Waals surface area contributed by atoms with Gasteiger partial charge in [-0.3, -0.25) is 4.79 Å². The normalized spacial score (nSPS) is 21.9. The molecule has 1 aliphatic carbocycles. The first-order chi connectivity index (χ1) is 13.6. The number of fused-ring (bicyclic) bond motifs is 1. The van der Waals surface area contributed by atoms with Gasteiger partial charge < -0.3 is 19.1 Å². The van der Waals surface area contributed by atoms with Crippen molar-refractivity contribution in [2.24, 2.45) is 5.92 Å². The van der Waals surface area contributed by atoms with Gasteiger partial charge in [-0.1, -0.05) is 12.8 Å². The van der Waals surface area contributed by atoms with Gasteiger partial charge in [0.15, 0.2) is 6.61 Å². The fourth-order valence-electron chi connectivity index (χ4n) is 4.31. The van der Waals surface area contributed by atoms with Crippen LogP contribution in [0, 0.1) is 5.92 Å². The number of methoxy groups -OCH3 is 2. The standard InChI is InChI=1S/C22H29NO5/c1-26-18-11-9-17(20(14-18)27-2)10-12-22(25)28-15-21(24)23-13-5-7-16-6-3-4-8-19(16)23/h9-12,14,16,19H,3-8,13,15H2,1-2H3/b12-10+/t16-,19-/m0/s1. The van der Waals surface area contributed by atoms with Crippen LogP contribution >= 0.6 is 0 Å². The van der Waals surface area contributed by atoms with E-state index < -0.39 is 5.97 Å². The van der Waals surface area contributed by atoms with Crippen molar-refractivity contribution in [1.82, 2.24) is 4.90 Å². The zero-order chi connectivity index (χ0) is 19.9. The van der Waals surface area contributed by atoms with Gasteiger partial charge in [0.25, 0.3) is 5.91 Å². The lowest BCUT2D eigenvalue weighted by molar-refractivity contribution is -0.151. The number of esters is 1. The monoisotopic (exact) mass is 387 g/mol. The van der Waals surface area contributed by atoms with Crippen LogP contribution in [-0.4, -0.2) is 50.2 Å². The summed E-state index contributed by atoms with van der Waals surface area (Å²) in [6.45, 7) is 0.572. The summed E-state index contributed by atoms with van der Waals surface area (Å²) in [6, 6.07) is 5.65. The van der Waals surface area contributed by atoms with Gasteiger partial charge in [-0.05, 0) is 49.8 Å². The number of benzene rings is 1. The number of hydrogen-bond donors (Lipinski definition) is 0. The number of likely N-dealkylation sites (tertiary alicyclic amines) is 1. The molecule has 28 heavy (non-hydrogen) atoms. The molecule has 6 heteroatoms. The summed E-state index contributed by atoms with van der Waals surface area (Å²) in [6.07, 6.45) is 9.90. The van der Waals surface area contributed by atoms with Crippen molar-refractivity contribution in [3.8, 4) is 11.5 Å². The van der Waals surface area contributed by atoms with Crippen molar-refractivity contribution in [1.29, 1.82) is 0 Å². The fourth-order valence-corrected chi connectivity index (χ4v) is 4.31. The minimum atomic E-state index is -0.538. The molecule has 1 heterocycles. The third-order valence-corrected chi connectivity index (χ3v) is 5.74. The second-order valence-electron chi connectivity index (χ2n) is 7.39. The van der Waals surface area contributed by atoms with Gasteiger partial charge in [0.2, 0.25) is 0 Å². The minimum absolute atomic E-state index is 0.0830. The van der Waals surface area contributed by atoms with E-state index in [1.54, 1.807) is 38.5 Å². The van der Waals surface area contributed by atoms with Crippen molar-refractivity contribution in [2.45, 2.75) is 44.6 Å². The zero-order valence-electron chi connectivity index (χ0n) is 16.7. The molecule has 152 valence electrons. The maximum atomic E-state index is 12.6. The SMILES string of the molecule is COc1ccc(/C=C/C(=O)OCC(=O)N2CCC[C@@H]3CCCC[C@@H]32)c(OC)c1. The molecular weight excluding hydrogens is 358 g/mol. The Balaban J connectivity index is 1.54. The van der Waals surface area contributed by atoms with E-state index in [-0.39, 0.29) is 12.5 Å². The third kappa shape index (κ3) is 4.86. The molecule has 6 nitrogen and oxygen atoms in total. The lowest BCUT2D eigenvalue weighted by Gasteiger charge is -2.44. The molecule has 2 atom stereocenters. The number of ether oxygens (including phenoxy) is 3. The van der Waals surface area contributed by atoms with E-state index in [1.807, 2.05) is 4.90 Å². The van der Waals surface area contributed by atoms with Gasteiger partial charge >= 0.3 is 5.97 Å². The Morgan fingerprint density at radius 2 is 1.89 bits per heavy atom. The van der Waals surface area contributed by atoms with Crippen LogP contribution in [0.2, 0.25) is 0 Å². The third-order valence-electron chi connectivity index (χ3n) is 5.74. The van der Waals surface area contributed by atoms with Crippen LogP contribution in [0.3, 0.4) is 0 Å². The summed E-state index contributed by atoms with van der Waals surface area (Å²) in [5.74, 6) is 1.26. The van der Waals surface area contributed by atoms with Crippen LogP contribution in [0.1, 0.15) is 44.1 Å². The molecule has 0 unspecified atom stereocenters. The molecule has 1 aromatic carbocycles. The van der Waals surface area contributed by atoms with Crippen LogP contribution in [0.25, 0.3) is 6.08 Å². The average molecular weight is 387 g/mol. The number of amides is 1. The van der Waals surface area contributed by atoms with E-state index >= 15 is 0 Å². The molecule has 1 amide bonds. The van der Waals surface area contributed by atoms with Crippen LogP contribution in [0.15, 0.2) is 24.3 Å². The highest BCUT2D eigenvalue weighted by atomic mass is 16.5. The van der Waals surface area contributed by atoms with E-state index in [9.17, 15) is 9.59 Å². The first-order valence-electron chi connectivity index (χ1n) is 9.98. The molecule has 0 spiro atoms. The smallest absolute Gasteiger partial charge is 0.331 e. The Morgan fingerprint density at radius 1 is 1.11 bits per heavy atom. The quantitative estimate of drug-likeness (QED) is 0.553. The Labute approximate surface area is 166 Å². The number of carbonyl (C=O) groups excluding carboxylic acids is 2. The first-order valence-corrected chi connectivity index (χ1v) is 9.98. The van der Waals surface area contributed by atoms with Crippen molar-refractivity contribution in [3.05, 3.63) is 29.8 Å². The van der Waals surface area contributed by atoms with E-state index in [4.69, 9.17) is 14.2 Å². The minimum Gasteiger partial charge on any atom is -0.497 e. The number of rotatable bonds is 6. The largest absolute Gasteiger partial charge is 0.497 e. The molecule has 0 aromatic heterocycles. The summed E-state index contributed by atoms with van der Waals surface area (Å²) in [5, 5.41) is 0. The van der Waals surface area contributed by atoms with Gasteiger partial charge in [0.1, 0.15) is 11.5 Å². The van der Waals surface area contributed by atoms with Crippen LogP contribution < -0.4 is 9.47 Å². The fraction of sp³-hybridized carbons (Fsp3) is 0.545. The molecule has 3 rings (SSSR count). The maximum absolute atomic E-state index is 12.6. The van der Waals surface area contributed by atoms with Gasteiger partial charge in [0.05, 0.1) is 14.2 Å². The predicted molar refractivity (Wildman–Crippen MR) is 106 cm³/mol. The average Bonchev–Trinajstić information content (AvgIpc) is 2.75. The second kappa shape index (κ2) is 9.62. The molecule has 0 N–H and O–H groups in total. The predicted octanol–water partition coefficient (Wildman–Crippen LogP) is 3.44. The molecule has 0 radical (unpaired) electrons. The highest BCUT2D eigenvalue weighted by molar-refractivity contribution is 5.89. The Morgan fingerprint density at radius 3 is 2.68 bits per heavy atom. The molecule has 1 aromatic rings. The van der Waals surface area contributed by atoms with Crippen LogP contribution in [0.5, 0.6) is 11.5 Å². The molecule has 2 fully saturated rings. The summed E-state index contributed by atoms with van der Waals surface area (Å²) in [5.41, 5.74) is 0.729. The van der Waals surface area contributed by atoms with Crippen molar-refractivity contribution < 1.29 is 23.8 Å². The number of hydrogen-bond acceptors (Lipinski definition) is 5. The Bertz CT molecular complexity index is 728.